The number of hydrogen-bond donors (Lipinski definition) is 2. The van der Waals surface area contributed by atoms with Crippen LogP contribution in [0, 0.1) is 13.8 Å². The molecule has 2 aromatic rings. The molecular formula is C19H23ClN4O. The van der Waals surface area contributed by atoms with E-state index in [1.54, 1.807) is 0 Å². The molecule has 1 atom stereocenters. The molecule has 132 valence electrons. The molecule has 1 aromatic carbocycles. The zero-order chi connectivity index (χ0) is 18.0. The average molecular weight is 359 g/mol. The Morgan fingerprint density at radius 3 is 2.48 bits per heavy atom. The van der Waals surface area contributed by atoms with Crippen LogP contribution in [0.1, 0.15) is 36.7 Å². The Hall–Kier alpha value is -2.14. The van der Waals surface area contributed by atoms with Gasteiger partial charge in [-0.05, 0) is 51.3 Å². The summed E-state index contributed by atoms with van der Waals surface area (Å²) in [5, 5.41) is 6.88. The smallest absolute Gasteiger partial charge is 0.242 e. The zero-order valence-electron chi connectivity index (χ0n) is 14.8. The highest BCUT2D eigenvalue weighted by Crippen LogP contribution is 2.49. The van der Waals surface area contributed by atoms with Gasteiger partial charge >= 0.3 is 0 Å². The van der Waals surface area contributed by atoms with E-state index < -0.39 is 6.04 Å². The number of carbonyl (C=O) groups excluding carboxylic acids is 1. The molecule has 3 rings (SSSR count). The lowest BCUT2D eigenvalue weighted by molar-refractivity contribution is -0.121. The van der Waals surface area contributed by atoms with Gasteiger partial charge in [-0.2, -0.15) is 0 Å². The second kappa shape index (κ2) is 7.00. The van der Waals surface area contributed by atoms with E-state index in [4.69, 9.17) is 11.6 Å². The fourth-order valence-electron chi connectivity index (χ4n) is 3.04. The summed E-state index contributed by atoms with van der Waals surface area (Å²) in [6.45, 7) is 6.22. The van der Waals surface area contributed by atoms with Crippen LogP contribution in [0.4, 0.5) is 5.95 Å². The van der Waals surface area contributed by atoms with Crippen LogP contribution >= 0.6 is 11.6 Å². The highest BCUT2D eigenvalue weighted by molar-refractivity contribution is 6.31. The Bertz CT molecular complexity index is 768. The van der Waals surface area contributed by atoms with E-state index in [1.165, 1.54) is 0 Å². The summed E-state index contributed by atoms with van der Waals surface area (Å²) in [4.78, 5) is 21.1. The van der Waals surface area contributed by atoms with E-state index in [0.29, 0.717) is 12.5 Å². The van der Waals surface area contributed by atoms with Crippen LogP contribution in [-0.2, 0) is 10.2 Å². The van der Waals surface area contributed by atoms with Crippen molar-refractivity contribution in [3.63, 3.8) is 0 Å². The number of aryl methyl sites for hydroxylation is 2. The van der Waals surface area contributed by atoms with Crippen molar-refractivity contribution in [3.8, 4) is 0 Å². The zero-order valence-corrected chi connectivity index (χ0v) is 15.5. The van der Waals surface area contributed by atoms with E-state index in [9.17, 15) is 4.79 Å². The predicted octanol–water partition coefficient (Wildman–Crippen LogP) is 3.40. The normalized spacial score (nSPS) is 16.2. The molecule has 1 aromatic heterocycles. The molecule has 1 aliphatic carbocycles. The Kier molecular flexibility index (Phi) is 4.95. The third-order valence-electron chi connectivity index (χ3n) is 4.62. The number of nitrogens with one attached hydrogen (secondary N) is 2. The molecule has 0 spiro atoms. The first kappa shape index (κ1) is 17.7. The number of aromatic nitrogens is 2. The lowest BCUT2D eigenvalue weighted by Gasteiger charge is -2.20. The molecule has 1 saturated carbocycles. The van der Waals surface area contributed by atoms with Crippen LogP contribution in [0.5, 0.6) is 0 Å². The van der Waals surface area contributed by atoms with Crippen LogP contribution in [0.2, 0.25) is 5.02 Å². The van der Waals surface area contributed by atoms with Gasteiger partial charge < -0.3 is 10.6 Å². The minimum atomic E-state index is -0.414. The number of anilines is 1. The first-order valence-corrected chi connectivity index (χ1v) is 8.89. The third kappa shape index (κ3) is 4.10. The predicted molar refractivity (Wildman–Crippen MR) is 100.0 cm³/mol. The van der Waals surface area contributed by atoms with Crippen molar-refractivity contribution >= 4 is 23.5 Å². The van der Waals surface area contributed by atoms with Gasteiger partial charge in [-0.3, -0.25) is 4.79 Å². The minimum absolute atomic E-state index is 0.0237. The van der Waals surface area contributed by atoms with Crippen molar-refractivity contribution in [1.29, 1.82) is 0 Å². The van der Waals surface area contributed by atoms with E-state index >= 15 is 0 Å². The first-order valence-electron chi connectivity index (χ1n) is 8.51. The third-order valence-corrected chi connectivity index (χ3v) is 4.95. The molecule has 1 unspecified atom stereocenters. The van der Waals surface area contributed by atoms with E-state index in [2.05, 4.69) is 20.6 Å². The molecule has 0 aliphatic heterocycles. The largest absolute Gasteiger partial charge is 0.353 e. The molecule has 6 heteroatoms. The lowest BCUT2D eigenvalue weighted by Crippen LogP contribution is -2.41. The topological polar surface area (TPSA) is 66.9 Å². The molecule has 0 radical (unpaired) electrons. The Morgan fingerprint density at radius 1 is 1.24 bits per heavy atom. The Balaban J connectivity index is 1.60. The van der Waals surface area contributed by atoms with Crippen molar-refractivity contribution < 1.29 is 4.79 Å². The van der Waals surface area contributed by atoms with Crippen molar-refractivity contribution in [2.45, 2.75) is 45.1 Å². The standard InChI is InChI=1S/C19H23ClN4O/c1-12-10-13(2)23-18(22-12)24-14(3)17(25)21-11-19(8-9-19)15-6-4-5-7-16(15)20/h4-7,10,14H,8-9,11H2,1-3H3,(H,21,25)(H,22,23,24). The summed E-state index contributed by atoms with van der Waals surface area (Å²) in [7, 11) is 0. The Labute approximate surface area is 153 Å². The summed E-state index contributed by atoms with van der Waals surface area (Å²) in [6, 6.07) is 9.35. The summed E-state index contributed by atoms with van der Waals surface area (Å²) >= 11 is 6.32. The summed E-state index contributed by atoms with van der Waals surface area (Å²) in [5.74, 6) is 0.411. The van der Waals surface area contributed by atoms with Gasteiger partial charge in [0.15, 0.2) is 0 Å². The fraction of sp³-hybridized carbons (Fsp3) is 0.421. The van der Waals surface area contributed by atoms with Crippen molar-refractivity contribution in [2.75, 3.05) is 11.9 Å². The summed E-state index contributed by atoms with van der Waals surface area (Å²) in [5.41, 5.74) is 2.84. The van der Waals surface area contributed by atoms with Crippen LogP contribution in [0.15, 0.2) is 30.3 Å². The SMILES string of the molecule is Cc1cc(C)nc(NC(C)C(=O)NCC2(c3ccccc3Cl)CC2)n1. The van der Waals surface area contributed by atoms with Gasteiger partial charge in [0, 0.05) is 28.4 Å². The Morgan fingerprint density at radius 2 is 1.88 bits per heavy atom. The van der Waals surface area contributed by atoms with Gasteiger partial charge in [0.25, 0.3) is 0 Å². The average Bonchev–Trinajstić information content (AvgIpc) is 3.33. The van der Waals surface area contributed by atoms with Gasteiger partial charge in [-0.1, -0.05) is 29.8 Å². The molecule has 1 aliphatic rings. The molecule has 1 heterocycles. The molecule has 1 fully saturated rings. The van der Waals surface area contributed by atoms with Crippen LogP contribution in [-0.4, -0.2) is 28.5 Å². The number of rotatable bonds is 6. The maximum absolute atomic E-state index is 12.4. The molecule has 2 N–H and O–H groups in total. The summed E-state index contributed by atoms with van der Waals surface area (Å²) in [6.07, 6.45) is 2.08. The lowest BCUT2D eigenvalue weighted by atomic mass is 9.96. The number of amides is 1. The van der Waals surface area contributed by atoms with Gasteiger partial charge in [-0.15, -0.1) is 0 Å². The second-order valence-corrected chi connectivity index (χ2v) is 7.23. The van der Waals surface area contributed by atoms with Gasteiger partial charge in [-0.25, -0.2) is 9.97 Å². The van der Waals surface area contributed by atoms with Gasteiger partial charge in [0.2, 0.25) is 11.9 Å². The molecule has 25 heavy (non-hydrogen) atoms. The molecule has 0 saturated heterocycles. The number of hydrogen-bond acceptors (Lipinski definition) is 4. The number of halogens is 1. The number of carbonyl (C=O) groups is 1. The van der Waals surface area contributed by atoms with E-state index in [1.807, 2.05) is 51.1 Å². The molecular weight excluding hydrogens is 336 g/mol. The quantitative estimate of drug-likeness (QED) is 0.830. The van der Waals surface area contributed by atoms with Crippen molar-refractivity contribution in [1.82, 2.24) is 15.3 Å². The van der Waals surface area contributed by atoms with Crippen molar-refractivity contribution in [3.05, 3.63) is 52.3 Å². The first-order chi connectivity index (χ1) is 11.9. The second-order valence-electron chi connectivity index (χ2n) is 6.82. The van der Waals surface area contributed by atoms with E-state index in [0.717, 1.165) is 34.8 Å². The molecule has 5 nitrogen and oxygen atoms in total. The van der Waals surface area contributed by atoms with Crippen LogP contribution < -0.4 is 10.6 Å². The maximum Gasteiger partial charge on any atom is 0.242 e. The number of benzene rings is 1. The van der Waals surface area contributed by atoms with Crippen molar-refractivity contribution in [2.24, 2.45) is 0 Å². The molecule has 0 bridgehead atoms. The maximum atomic E-state index is 12.4. The highest BCUT2D eigenvalue weighted by Gasteiger charge is 2.45. The van der Waals surface area contributed by atoms with Crippen LogP contribution in [0.25, 0.3) is 0 Å². The minimum Gasteiger partial charge on any atom is -0.353 e. The molecule has 1 amide bonds. The fourth-order valence-corrected chi connectivity index (χ4v) is 3.38. The van der Waals surface area contributed by atoms with E-state index in [-0.39, 0.29) is 11.3 Å². The van der Waals surface area contributed by atoms with Gasteiger partial charge in [0.05, 0.1) is 0 Å². The highest BCUT2D eigenvalue weighted by atomic mass is 35.5. The summed E-state index contributed by atoms with van der Waals surface area (Å²) < 4.78 is 0. The monoisotopic (exact) mass is 358 g/mol. The van der Waals surface area contributed by atoms with Gasteiger partial charge in [0.1, 0.15) is 6.04 Å². The van der Waals surface area contributed by atoms with Crippen LogP contribution in [0.3, 0.4) is 0 Å². The number of nitrogens with zero attached hydrogens (tertiary/aromatic N) is 2.